The summed E-state index contributed by atoms with van der Waals surface area (Å²) >= 11 is 3.36. The third kappa shape index (κ3) is 2.34. The van der Waals surface area contributed by atoms with Crippen molar-refractivity contribution in [2.24, 2.45) is 0 Å². The van der Waals surface area contributed by atoms with E-state index in [4.69, 9.17) is 6.42 Å². The summed E-state index contributed by atoms with van der Waals surface area (Å²) in [6.07, 6.45) is 12.4. The van der Waals surface area contributed by atoms with Crippen LogP contribution in [-0.2, 0) is 0 Å². The number of unbranched alkanes of at least 4 members (excludes halogenated alkanes) is 1. The monoisotopic (exact) mass is 278 g/mol. The Balaban J connectivity index is 2.16. The Morgan fingerprint density at radius 3 is 3.25 bits per heavy atom. The molecule has 4 nitrogen and oxygen atoms in total. The van der Waals surface area contributed by atoms with E-state index in [2.05, 4.69) is 37.1 Å². The van der Waals surface area contributed by atoms with Gasteiger partial charge in [0.05, 0.1) is 0 Å². The first-order valence-electron chi connectivity index (χ1n) is 4.98. The molecule has 1 N–H and O–H groups in total. The first-order chi connectivity index (χ1) is 7.81. The molecule has 0 aliphatic heterocycles. The number of imidazole rings is 1. The Morgan fingerprint density at radius 2 is 2.44 bits per heavy atom. The highest BCUT2D eigenvalue weighted by atomic mass is 79.9. The van der Waals surface area contributed by atoms with Crippen molar-refractivity contribution in [3.63, 3.8) is 0 Å². The van der Waals surface area contributed by atoms with Gasteiger partial charge in [-0.3, -0.25) is 0 Å². The summed E-state index contributed by atoms with van der Waals surface area (Å²) in [5, 5.41) is 3.23. The minimum absolute atomic E-state index is 0.770. The van der Waals surface area contributed by atoms with Crippen molar-refractivity contribution in [2.45, 2.75) is 12.8 Å². The second-order valence-corrected chi connectivity index (χ2v) is 4.12. The highest BCUT2D eigenvalue weighted by Crippen LogP contribution is 2.16. The molecule has 0 aliphatic carbocycles. The molecule has 2 heterocycles. The van der Waals surface area contributed by atoms with Gasteiger partial charge >= 0.3 is 0 Å². The van der Waals surface area contributed by atoms with Crippen LogP contribution < -0.4 is 5.32 Å². The van der Waals surface area contributed by atoms with Crippen LogP contribution in [0.4, 0.5) is 5.82 Å². The number of fused-ring (bicyclic) bond motifs is 1. The van der Waals surface area contributed by atoms with Crippen LogP contribution in [0.3, 0.4) is 0 Å². The molecule has 5 heteroatoms. The van der Waals surface area contributed by atoms with Crippen molar-refractivity contribution in [1.29, 1.82) is 0 Å². The zero-order valence-electron chi connectivity index (χ0n) is 8.65. The Hall–Kier alpha value is -1.54. The molecule has 0 radical (unpaired) electrons. The number of aromatic nitrogens is 3. The molecule has 2 aromatic heterocycles. The molecule has 0 spiro atoms. The van der Waals surface area contributed by atoms with Crippen LogP contribution in [-0.4, -0.2) is 20.9 Å². The van der Waals surface area contributed by atoms with Crippen molar-refractivity contribution in [1.82, 2.24) is 14.4 Å². The minimum atomic E-state index is 0.770. The number of hydrogen-bond acceptors (Lipinski definition) is 3. The zero-order valence-corrected chi connectivity index (χ0v) is 10.2. The van der Waals surface area contributed by atoms with Gasteiger partial charge in [-0.1, -0.05) is 0 Å². The van der Waals surface area contributed by atoms with Crippen molar-refractivity contribution in [3.8, 4) is 12.3 Å². The summed E-state index contributed by atoms with van der Waals surface area (Å²) in [6, 6.07) is 0. The van der Waals surface area contributed by atoms with Gasteiger partial charge in [0.2, 0.25) is 0 Å². The average molecular weight is 279 g/mol. The first kappa shape index (κ1) is 11.0. The number of terminal acetylenes is 1. The summed E-state index contributed by atoms with van der Waals surface area (Å²) < 4.78 is 2.69. The second kappa shape index (κ2) is 4.99. The van der Waals surface area contributed by atoms with Crippen molar-refractivity contribution in [2.75, 3.05) is 11.9 Å². The SMILES string of the molecule is C#CCCCNc1nc(Br)cn2ccnc12. The summed E-state index contributed by atoms with van der Waals surface area (Å²) in [7, 11) is 0. The van der Waals surface area contributed by atoms with Crippen molar-refractivity contribution < 1.29 is 0 Å². The molecule has 0 saturated heterocycles. The van der Waals surface area contributed by atoms with E-state index < -0.39 is 0 Å². The van der Waals surface area contributed by atoms with E-state index in [0.29, 0.717) is 0 Å². The summed E-state index contributed by atoms with van der Waals surface area (Å²) in [5.74, 6) is 3.38. The fourth-order valence-electron chi connectivity index (χ4n) is 1.42. The topological polar surface area (TPSA) is 42.2 Å². The van der Waals surface area contributed by atoms with E-state index in [9.17, 15) is 0 Å². The number of nitrogens with one attached hydrogen (secondary N) is 1. The lowest BCUT2D eigenvalue weighted by atomic mass is 10.3. The van der Waals surface area contributed by atoms with Gasteiger partial charge in [-0.15, -0.1) is 12.3 Å². The number of nitrogens with zero attached hydrogens (tertiary/aromatic N) is 3. The molecule has 0 saturated carbocycles. The van der Waals surface area contributed by atoms with Crippen molar-refractivity contribution >= 4 is 27.4 Å². The summed E-state index contributed by atoms with van der Waals surface area (Å²) in [6.45, 7) is 0.802. The maximum Gasteiger partial charge on any atom is 0.180 e. The Kier molecular flexibility index (Phi) is 3.42. The quantitative estimate of drug-likeness (QED) is 0.690. The molecule has 0 atom stereocenters. The Labute approximate surface area is 102 Å². The molecule has 82 valence electrons. The van der Waals surface area contributed by atoms with Gasteiger partial charge in [-0.05, 0) is 22.4 Å². The smallest absolute Gasteiger partial charge is 0.180 e. The molecule has 0 fully saturated rings. The van der Waals surface area contributed by atoms with Crippen LogP contribution >= 0.6 is 15.9 Å². The second-order valence-electron chi connectivity index (χ2n) is 3.30. The lowest BCUT2D eigenvalue weighted by molar-refractivity contribution is 0.898. The standard InChI is InChI=1S/C11H11BrN4/c1-2-3-4-5-13-10-11-14-6-7-16(11)8-9(12)15-10/h1,6-8H,3-5H2,(H,13,15). The summed E-state index contributed by atoms with van der Waals surface area (Å²) in [5.41, 5.74) is 0.823. The first-order valence-corrected chi connectivity index (χ1v) is 5.77. The van der Waals surface area contributed by atoms with Crippen LogP contribution in [0.25, 0.3) is 5.65 Å². The van der Waals surface area contributed by atoms with Gasteiger partial charge in [-0.2, -0.15) is 0 Å². The van der Waals surface area contributed by atoms with Crippen molar-refractivity contribution in [3.05, 3.63) is 23.2 Å². The van der Waals surface area contributed by atoms with E-state index >= 15 is 0 Å². The predicted molar refractivity (Wildman–Crippen MR) is 67.2 cm³/mol. The Bertz CT molecular complexity index is 526. The van der Waals surface area contributed by atoms with Gasteiger partial charge in [-0.25, -0.2) is 9.97 Å². The van der Waals surface area contributed by atoms with Crippen LogP contribution in [0.5, 0.6) is 0 Å². The lowest BCUT2D eigenvalue weighted by Crippen LogP contribution is -2.05. The van der Waals surface area contributed by atoms with Gasteiger partial charge in [0.1, 0.15) is 4.60 Å². The van der Waals surface area contributed by atoms with Crippen LogP contribution in [0, 0.1) is 12.3 Å². The van der Waals surface area contributed by atoms with Crippen LogP contribution in [0.2, 0.25) is 0 Å². The molecule has 2 aromatic rings. The highest BCUT2D eigenvalue weighted by Gasteiger charge is 2.04. The highest BCUT2D eigenvalue weighted by molar-refractivity contribution is 9.10. The van der Waals surface area contributed by atoms with E-state index in [1.165, 1.54) is 0 Å². The predicted octanol–water partition coefficient (Wildman–Crippen LogP) is 2.32. The number of hydrogen-bond donors (Lipinski definition) is 1. The van der Waals surface area contributed by atoms with Gasteiger partial charge in [0.25, 0.3) is 0 Å². The van der Waals surface area contributed by atoms with Crippen LogP contribution in [0.1, 0.15) is 12.8 Å². The maximum atomic E-state index is 5.19. The lowest BCUT2D eigenvalue weighted by Gasteiger charge is -2.06. The molecule has 0 unspecified atom stereocenters. The van der Waals surface area contributed by atoms with Gasteiger partial charge in [0, 0.05) is 31.6 Å². The number of anilines is 1. The molecule has 0 aliphatic rings. The average Bonchev–Trinajstić information content (AvgIpc) is 2.72. The molecular formula is C11H11BrN4. The van der Waals surface area contributed by atoms with E-state index in [0.717, 1.165) is 35.5 Å². The van der Waals surface area contributed by atoms with Gasteiger partial charge < -0.3 is 9.72 Å². The fourth-order valence-corrected chi connectivity index (χ4v) is 1.81. The minimum Gasteiger partial charge on any atom is -0.367 e. The zero-order chi connectivity index (χ0) is 11.4. The largest absolute Gasteiger partial charge is 0.367 e. The normalized spacial score (nSPS) is 10.2. The maximum absolute atomic E-state index is 5.19. The van der Waals surface area contributed by atoms with Gasteiger partial charge in [0.15, 0.2) is 11.5 Å². The molecule has 0 amide bonds. The molecule has 2 rings (SSSR count). The molecule has 16 heavy (non-hydrogen) atoms. The Morgan fingerprint density at radius 1 is 1.56 bits per heavy atom. The fraction of sp³-hybridized carbons (Fsp3) is 0.273. The molecular weight excluding hydrogens is 268 g/mol. The number of rotatable bonds is 4. The van der Waals surface area contributed by atoms with E-state index in [1.54, 1.807) is 6.20 Å². The third-order valence-corrected chi connectivity index (χ3v) is 2.52. The molecule has 0 bridgehead atoms. The molecule has 0 aromatic carbocycles. The third-order valence-electron chi connectivity index (χ3n) is 2.14. The number of halogens is 1. The van der Waals surface area contributed by atoms with E-state index in [-0.39, 0.29) is 0 Å². The van der Waals surface area contributed by atoms with Crippen LogP contribution in [0.15, 0.2) is 23.2 Å². The van der Waals surface area contributed by atoms with E-state index in [1.807, 2.05) is 16.8 Å². The summed E-state index contributed by atoms with van der Waals surface area (Å²) in [4.78, 5) is 8.58.